The van der Waals surface area contributed by atoms with E-state index in [2.05, 4.69) is 46.9 Å². The molecule has 0 aromatic heterocycles. The molecule has 0 aromatic rings. The summed E-state index contributed by atoms with van der Waals surface area (Å²) in [7, 11) is 0. The Labute approximate surface area is 134 Å². The van der Waals surface area contributed by atoms with Crippen molar-refractivity contribution in [1.29, 1.82) is 0 Å². The van der Waals surface area contributed by atoms with Crippen molar-refractivity contribution in [3.63, 3.8) is 0 Å². The second-order valence-electron chi connectivity index (χ2n) is 8.67. The average Bonchev–Trinajstić information content (AvgIpc) is 2.43. The van der Waals surface area contributed by atoms with E-state index in [0.717, 1.165) is 23.8 Å². The third kappa shape index (κ3) is 6.72. The van der Waals surface area contributed by atoms with Gasteiger partial charge < -0.3 is 5.32 Å². The summed E-state index contributed by atoms with van der Waals surface area (Å²) in [6, 6.07) is 0.771. The molecule has 1 aliphatic carbocycles. The van der Waals surface area contributed by atoms with Crippen molar-refractivity contribution in [2.24, 2.45) is 23.2 Å². The van der Waals surface area contributed by atoms with Crippen LogP contribution in [0.4, 0.5) is 0 Å². The standard InChI is InChI=1S/C20H41N/c1-7-9-16(3)15-19(21-14-8-2)17-10-12-18(13-11-17)20(4,5)6/h16-19,21H,7-15H2,1-6H3. The fourth-order valence-corrected chi connectivity index (χ4v) is 4.20. The molecular weight excluding hydrogens is 254 g/mol. The summed E-state index contributed by atoms with van der Waals surface area (Å²) in [5, 5.41) is 3.88. The smallest absolute Gasteiger partial charge is 0.00978 e. The highest BCUT2D eigenvalue weighted by atomic mass is 14.9. The zero-order valence-electron chi connectivity index (χ0n) is 15.7. The first-order chi connectivity index (χ1) is 9.88. The lowest BCUT2D eigenvalue weighted by atomic mass is 9.68. The first-order valence-electron chi connectivity index (χ1n) is 9.61. The Bertz CT molecular complexity index is 258. The van der Waals surface area contributed by atoms with Crippen molar-refractivity contribution < 1.29 is 0 Å². The fraction of sp³-hybridized carbons (Fsp3) is 1.00. The van der Waals surface area contributed by atoms with Gasteiger partial charge >= 0.3 is 0 Å². The molecular formula is C20H41N. The number of nitrogens with one attached hydrogen (secondary N) is 1. The van der Waals surface area contributed by atoms with Crippen molar-refractivity contribution in [2.45, 2.75) is 99.0 Å². The second-order valence-corrected chi connectivity index (χ2v) is 8.67. The van der Waals surface area contributed by atoms with Crippen LogP contribution in [0.3, 0.4) is 0 Å². The quantitative estimate of drug-likeness (QED) is 0.576. The minimum atomic E-state index is 0.507. The van der Waals surface area contributed by atoms with E-state index in [1.165, 1.54) is 57.9 Å². The molecule has 1 heteroatoms. The Balaban J connectivity index is 2.51. The first kappa shape index (κ1) is 19.0. The van der Waals surface area contributed by atoms with Gasteiger partial charge in [0.15, 0.2) is 0 Å². The third-order valence-electron chi connectivity index (χ3n) is 5.66. The van der Waals surface area contributed by atoms with Crippen LogP contribution < -0.4 is 5.32 Å². The van der Waals surface area contributed by atoms with E-state index in [9.17, 15) is 0 Å². The Morgan fingerprint density at radius 3 is 2.10 bits per heavy atom. The maximum atomic E-state index is 3.88. The van der Waals surface area contributed by atoms with E-state index < -0.39 is 0 Å². The molecule has 1 nitrogen and oxygen atoms in total. The lowest BCUT2D eigenvalue weighted by Gasteiger charge is -2.40. The number of hydrogen-bond acceptors (Lipinski definition) is 1. The molecule has 1 fully saturated rings. The van der Waals surface area contributed by atoms with Crippen molar-refractivity contribution in [3.05, 3.63) is 0 Å². The molecule has 0 aliphatic heterocycles. The SMILES string of the molecule is CCCNC(CC(C)CCC)C1CCC(C(C)(C)C)CC1. The molecule has 1 saturated carbocycles. The normalized spacial score (nSPS) is 26.6. The monoisotopic (exact) mass is 295 g/mol. The van der Waals surface area contributed by atoms with Crippen molar-refractivity contribution in [3.8, 4) is 0 Å². The lowest BCUT2D eigenvalue weighted by molar-refractivity contribution is 0.126. The van der Waals surface area contributed by atoms with E-state index in [1.807, 2.05) is 0 Å². The topological polar surface area (TPSA) is 12.0 Å². The zero-order chi connectivity index (χ0) is 15.9. The fourth-order valence-electron chi connectivity index (χ4n) is 4.20. The van der Waals surface area contributed by atoms with Crippen molar-refractivity contribution in [1.82, 2.24) is 5.32 Å². The number of hydrogen-bond donors (Lipinski definition) is 1. The van der Waals surface area contributed by atoms with Gasteiger partial charge in [0.2, 0.25) is 0 Å². The molecule has 0 heterocycles. The second kappa shape index (κ2) is 9.18. The van der Waals surface area contributed by atoms with Crippen LogP contribution >= 0.6 is 0 Å². The van der Waals surface area contributed by atoms with Gasteiger partial charge in [0.05, 0.1) is 0 Å². The van der Waals surface area contributed by atoms with Gasteiger partial charge in [-0.25, -0.2) is 0 Å². The van der Waals surface area contributed by atoms with Crippen LogP contribution in [0, 0.1) is 23.2 Å². The Morgan fingerprint density at radius 2 is 1.62 bits per heavy atom. The van der Waals surface area contributed by atoms with E-state index in [4.69, 9.17) is 0 Å². The molecule has 0 spiro atoms. The van der Waals surface area contributed by atoms with Crippen LogP contribution in [0.2, 0.25) is 0 Å². The molecule has 0 bridgehead atoms. The Morgan fingerprint density at radius 1 is 1.00 bits per heavy atom. The van der Waals surface area contributed by atoms with Gasteiger partial charge in [-0.2, -0.15) is 0 Å². The van der Waals surface area contributed by atoms with Crippen LogP contribution in [0.15, 0.2) is 0 Å². The van der Waals surface area contributed by atoms with E-state index in [0.29, 0.717) is 5.41 Å². The van der Waals surface area contributed by atoms with E-state index >= 15 is 0 Å². The predicted octanol–water partition coefficient (Wildman–Crippen LogP) is 6.03. The molecule has 0 amide bonds. The van der Waals surface area contributed by atoms with Gasteiger partial charge in [-0.05, 0) is 68.2 Å². The largest absolute Gasteiger partial charge is 0.314 e. The molecule has 1 rings (SSSR count). The van der Waals surface area contributed by atoms with Crippen LogP contribution in [-0.4, -0.2) is 12.6 Å². The van der Waals surface area contributed by atoms with Crippen LogP contribution in [0.25, 0.3) is 0 Å². The van der Waals surface area contributed by atoms with Crippen molar-refractivity contribution in [2.75, 3.05) is 6.54 Å². The van der Waals surface area contributed by atoms with Crippen LogP contribution in [0.1, 0.15) is 92.9 Å². The third-order valence-corrected chi connectivity index (χ3v) is 5.66. The molecule has 0 saturated heterocycles. The van der Waals surface area contributed by atoms with Gasteiger partial charge in [-0.1, -0.05) is 54.4 Å². The van der Waals surface area contributed by atoms with Gasteiger partial charge in [0.25, 0.3) is 0 Å². The summed E-state index contributed by atoms with van der Waals surface area (Å²) in [5.41, 5.74) is 0.507. The maximum Gasteiger partial charge on any atom is 0.00978 e. The summed E-state index contributed by atoms with van der Waals surface area (Å²) in [6.07, 6.45) is 11.2. The molecule has 126 valence electrons. The highest BCUT2D eigenvalue weighted by Crippen LogP contribution is 2.41. The van der Waals surface area contributed by atoms with Crippen LogP contribution in [-0.2, 0) is 0 Å². The van der Waals surface area contributed by atoms with Gasteiger partial charge in [-0.15, -0.1) is 0 Å². The molecule has 21 heavy (non-hydrogen) atoms. The van der Waals surface area contributed by atoms with Gasteiger partial charge in [0.1, 0.15) is 0 Å². The summed E-state index contributed by atoms with van der Waals surface area (Å²) in [5.74, 6) is 2.74. The Kier molecular flexibility index (Phi) is 8.31. The highest BCUT2D eigenvalue weighted by molar-refractivity contribution is 4.86. The van der Waals surface area contributed by atoms with Gasteiger partial charge in [0, 0.05) is 6.04 Å². The Hall–Kier alpha value is -0.0400. The number of rotatable bonds is 8. The first-order valence-corrected chi connectivity index (χ1v) is 9.61. The minimum Gasteiger partial charge on any atom is -0.314 e. The van der Waals surface area contributed by atoms with E-state index in [-0.39, 0.29) is 0 Å². The average molecular weight is 296 g/mol. The predicted molar refractivity (Wildman–Crippen MR) is 95.7 cm³/mol. The van der Waals surface area contributed by atoms with Gasteiger partial charge in [-0.3, -0.25) is 0 Å². The summed E-state index contributed by atoms with van der Waals surface area (Å²) < 4.78 is 0. The lowest BCUT2D eigenvalue weighted by Crippen LogP contribution is -2.40. The summed E-state index contributed by atoms with van der Waals surface area (Å²) >= 11 is 0. The van der Waals surface area contributed by atoms with Crippen LogP contribution in [0.5, 0.6) is 0 Å². The molecule has 0 aromatic carbocycles. The molecule has 1 N–H and O–H groups in total. The molecule has 2 unspecified atom stereocenters. The highest BCUT2D eigenvalue weighted by Gasteiger charge is 2.32. The maximum absolute atomic E-state index is 3.88. The zero-order valence-corrected chi connectivity index (χ0v) is 15.7. The molecule has 1 aliphatic rings. The van der Waals surface area contributed by atoms with Crippen molar-refractivity contribution >= 4 is 0 Å². The minimum absolute atomic E-state index is 0.507. The summed E-state index contributed by atoms with van der Waals surface area (Å²) in [4.78, 5) is 0. The molecule has 2 atom stereocenters. The van der Waals surface area contributed by atoms with E-state index in [1.54, 1.807) is 0 Å². The summed E-state index contributed by atoms with van der Waals surface area (Å²) in [6.45, 7) is 15.5. The molecule has 0 radical (unpaired) electrons.